The molecule has 0 saturated carbocycles. The third kappa shape index (κ3) is 3.54. The second-order valence-electron chi connectivity index (χ2n) is 6.98. The molecule has 3 rings (SSSR count). The Morgan fingerprint density at radius 1 is 1.33 bits per heavy atom. The quantitative estimate of drug-likeness (QED) is 0.889. The molecule has 0 radical (unpaired) electrons. The summed E-state index contributed by atoms with van der Waals surface area (Å²) in [7, 11) is 0. The Morgan fingerprint density at radius 3 is 2.67 bits per heavy atom. The number of carbonyl (C=O) groups is 1. The SMILES string of the molecule is Cc1cc(C)n2nc(C)c(C(=O)NCC3(C)CCNCC3)c2n1.Cl. The van der Waals surface area contributed by atoms with Gasteiger partial charge in [0.1, 0.15) is 5.56 Å². The van der Waals surface area contributed by atoms with E-state index in [0.717, 1.165) is 43.0 Å². The van der Waals surface area contributed by atoms with Crippen LogP contribution in [0.25, 0.3) is 5.65 Å². The Morgan fingerprint density at radius 2 is 2.00 bits per heavy atom. The number of nitrogens with zero attached hydrogens (tertiary/aromatic N) is 3. The Hall–Kier alpha value is -1.66. The second-order valence-corrected chi connectivity index (χ2v) is 6.98. The Kier molecular flexibility index (Phi) is 5.50. The summed E-state index contributed by atoms with van der Waals surface area (Å²) in [5, 5.41) is 10.9. The molecule has 0 atom stereocenters. The number of fused-ring (bicyclic) bond motifs is 1. The number of piperidine rings is 1. The van der Waals surface area contributed by atoms with Crippen molar-refractivity contribution in [3.05, 3.63) is 28.7 Å². The fraction of sp³-hybridized carbons (Fsp3) is 0.588. The molecule has 6 nitrogen and oxygen atoms in total. The number of carbonyl (C=O) groups excluding carboxylic acids is 1. The third-order valence-electron chi connectivity index (χ3n) is 4.78. The predicted octanol–water partition coefficient (Wildman–Crippen LogP) is 2.20. The van der Waals surface area contributed by atoms with E-state index in [2.05, 4.69) is 27.6 Å². The molecule has 2 aromatic rings. The molecule has 132 valence electrons. The smallest absolute Gasteiger partial charge is 0.257 e. The molecule has 0 spiro atoms. The van der Waals surface area contributed by atoms with E-state index >= 15 is 0 Å². The highest BCUT2D eigenvalue weighted by Crippen LogP contribution is 2.27. The number of rotatable bonds is 3. The van der Waals surface area contributed by atoms with Crippen LogP contribution in [0, 0.1) is 26.2 Å². The minimum atomic E-state index is -0.0743. The average Bonchev–Trinajstić information content (AvgIpc) is 2.82. The van der Waals surface area contributed by atoms with Crippen LogP contribution in [0.3, 0.4) is 0 Å². The van der Waals surface area contributed by atoms with Gasteiger partial charge in [0.2, 0.25) is 0 Å². The maximum atomic E-state index is 12.7. The first kappa shape index (κ1) is 18.7. The van der Waals surface area contributed by atoms with Gasteiger partial charge in [0.15, 0.2) is 5.65 Å². The highest BCUT2D eigenvalue weighted by molar-refractivity contribution is 6.01. The van der Waals surface area contributed by atoms with Gasteiger partial charge in [0.05, 0.1) is 5.69 Å². The molecular formula is C17H26ClN5O. The van der Waals surface area contributed by atoms with E-state index < -0.39 is 0 Å². The minimum Gasteiger partial charge on any atom is -0.351 e. The zero-order valence-electron chi connectivity index (χ0n) is 14.8. The molecule has 0 bridgehead atoms. The molecule has 1 saturated heterocycles. The Labute approximate surface area is 148 Å². The van der Waals surface area contributed by atoms with Crippen molar-refractivity contribution in [1.82, 2.24) is 25.2 Å². The number of aromatic nitrogens is 3. The van der Waals surface area contributed by atoms with Gasteiger partial charge in [-0.2, -0.15) is 5.10 Å². The molecule has 7 heteroatoms. The van der Waals surface area contributed by atoms with E-state index in [1.165, 1.54) is 0 Å². The molecule has 1 fully saturated rings. The molecule has 0 unspecified atom stereocenters. The summed E-state index contributed by atoms with van der Waals surface area (Å²) in [5.41, 5.74) is 4.01. The van der Waals surface area contributed by atoms with Gasteiger partial charge in [-0.25, -0.2) is 9.50 Å². The van der Waals surface area contributed by atoms with Crippen molar-refractivity contribution in [3.63, 3.8) is 0 Å². The van der Waals surface area contributed by atoms with Crippen molar-refractivity contribution in [2.24, 2.45) is 5.41 Å². The van der Waals surface area contributed by atoms with Crippen molar-refractivity contribution in [1.29, 1.82) is 0 Å². The van der Waals surface area contributed by atoms with E-state index in [4.69, 9.17) is 0 Å². The number of halogens is 1. The van der Waals surface area contributed by atoms with Crippen LogP contribution in [0.2, 0.25) is 0 Å². The summed E-state index contributed by atoms with van der Waals surface area (Å²) in [5.74, 6) is -0.0743. The zero-order chi connectivity index (χ0) is 16.6. The molecule has 2 aromatic heterocycles. The predicted molar refractivity (Wildman–Crippen MR) is 97.0 cm³/mol. The van der Waals surface area contributed by atoms with Crippen molar-refractivity contribution in [2.45, 2.75) is 40.5 Å². The van der Waals surface area contributed by atoms with Crippen LogP contribution in [-0.4, -0.2) is 40.1 Å². The fourth-order valence-corrected chi connectivity index (χ4v) is 3.28. The minimum absolute atomic E-state index is 0. The summed E-state index contributed by atoms with van der Waals surface area (Å²) >= 11 is 0. The van der Waals surface area contributed by atoms with Gasteiger partial charge >= 0.3 is 0 Å². The largest absolute Gasteiger partial charge is 0.351 e. The highest BCUT2D eigenvalue weighted by Gasteiger charge is 2.28. The maximum Gasteiger partial charge on any atom is 0.257 e. The first-order valence-corrected chi connectivity index (χ1v) is 8.22. The van der Waals surface area contributed by atoms with Crippen molar-refractivity contribution >= 4 is 24.0 Å². The second kappa shape index (κ2) is 7.07. The van der Waals surface area contributed by atoms with Gasteiger partial charge in [-0.15, -0.1) is 12.4 Å². The van der Waals surface area contributed by atoms with Gasteiger partial charge in [0.25, 0.3) is 5.91 Å². The van der Waals surface area contributed by atoms with Crippen LogP contribution < -0.4 is 10.6 Å². The molecule has 2 N–H and O–H groups in total. The van der Waals surface area contributed by atoms with Gasteiger partial charge in [-0.05, 0) is 58.2 Å². The number of amides is 1. The topological polar surface area (TPSA) is 71.3 Å². The van der Waals surface area contributed by atoms with Crippen LogP contribution in [0.15, 0.2) is 6.07 Å². The molecule has 3 heterocycles. The number of nitrogens with one attached hydrogen (secondary N) is 2. The van der Waals surface area contributed by atoms with Crippen LogP contribution in [0.1, 0.15) is 47.2 Å². The lowest BCUT2D eigenvalue weighted by atomic mass is 9.81. The van der Waals surface area contributed by atoms with E-state index in [1.807, 2.05) is 26.8 Å². The summed E-state index contributed by atoms with van der Waals surface area (Å²) in [6.07, 6.45) is 2.16. The molecule has 1 aliphatic heterocycles. The third-order valence-corrected chi connectivity index (χ3v) is 4.78. The van der Waals surface area contributed by atoms with Crippen LogP contribution in [-0.2, 0) is 0 Å². The van der Waals surface area contributed by atoms with E-state index in [-0.39, 0.29) is 23.7 Å². The van der Waals surface area contributed by atoms with Gasteiger partial charge in [-0.1, -0.05) is 6.92 Å². The Bertz CT molecular complexity index is 749. The summed E-state index contributed by atoms with van der Waals surface area (Å²) in [6, 6.07) is 1.97. The monoisotopic (exact) mass is 351 g/mol. The zero-order valence-corrected chi connectivity index (χ0v) is 15.6. The first-order valence-electron chi connectivity index (χ1n) is 8.22. The van der Waals surface area contributed by atoms with E-state index in [9.17, 15) is 4.79 Å². The highest BCUT2D eigenvalue weighted by atomic mass is 35.5. The maximum absolute atomic E-state index is 12.7. The van der Waals surface area contributed by atoms with Crippen LogP contribution >= 0.6 is 12.4 Å². The number of aryl methyl sites for hydroxylation is 3. The van der Waals surface area contributed by atoms with E-state index in [1.54, 1.807) is 4.52 Å². The van der Waals surface area contributed by atoms with Crippen molar-refractivity contribution < 1.29 is 4.79 Å². The van der Waals surface area contributed by atoms with Crippen LogP contribution in [0.5, 0.6) is 0 Å². The molecule has 24 heavy (non-hydrogen) atoms. The van der Waals surface area contributed by atoms with Crippen molar-refractivity contribution in [3.8, 4) is 0 Å². The first-order chi connectivity index (χ1) is 10.9. The number of hydrogen-bond donors (Lipinski definition) is 2. The lowest BCUT2D eigenvalue weighted by molar-refractivity contribution is 0.0923. The average molecular weight is 352 g/mol. The molecule has 0 aliphatic carbocycles. The summed E-state index contributed by atoms with van der Waals surface area (Å²) < 4.78 is 1.75. The van der Waals surface area contributed by atoms with Crippen LogP contribution in [0.4, 0.5) is 0 Å². The summed E-state index contributed by atoms with van der Waals surface area (Å²) in [4.78, 5) is 17.2. The van der Waals surface area contributed by atoms with Gasteiger partial charge < -0.3 is 10.6 Å². The molecule has 1 aliphatic rings. The lowest BCUT2D eigenvalue weighted by Gasteiger charge is -2.34. The van der Waals surface area contributed by atoms with Gasteiger partial charge in [0, 0.05) is 17.9 Å². The molecule has 0 aromatic carbocycles. The van der Waals surface area contributed by atoms with Crippen molar-refractivity contribution in [2.75, 3.05) is 19.6 Å². The molecular weight excluding hydrogens is 326 g/mol. The summed E-state index contributed by atoms with van der Waals surface area (Å²) in [6.45, 7) is 10.7. The standard InChI is InChI=1S/C17H25N5O.ClH/c1-11-9-12(2)22-15(20-11)14(13(3)21-22)16(23)19-10-17(4)5-7-18-8-6-17;/h9,18H,5-8,10H2,1-4H3,(H,19,23);1H. The number of hydrogen-bond acceptors (Lipinski definition) is 4. The van der Waals surface area contributed by atoms with Gasteiger partial charge in [-0.3, -0.25) is 4.79 Å². The van der Waals surface area contributed by atoms with E-state index in [0.29, 0.717) is 17.8 Å². The lowest BCUT2D eigenvalue weighted by Crippen LogP contribution is -2.43. The normalized spacial score (nSPS) is 16.7. The molecule has 1 amide bonds. The Balaban J connectivity index is 0.00000208. The fourth-order valence-electron chi connectivity index (χ4n) is 3.28.